The highest BCUT2D eigenvalue weighted by molar-refractivity contribution is 7.89. The van der Waals surface area contributed by atoms with Crippen molar-refractivity contribution in [1.82, 2.24) is 9.71 Å². The maximum absolute atomic E-state index is 12.1. The van der Waals surface area contributed by atoms with Crippen molar-refractivity contribution in [3.8, 4) is 0 Å². The molecule has 0 radical (unpaired) electrons. The van der Waals surface area contributed by atoms with E-state index in [0.29, 0.717) is 0 Å². The van der Waals surface area contributed by atoms with Crippen molar-refractivity contribution >= 4 is 44.6 Å². The topological polar surface area (TPSA) is 59.1 Å². The van der Waals surface area contributed by atoms with Crippen molar-refractivity contribution in [3.63, 3.8) is 0 Å². The van der Waals surface area contributed by atoms with E-state index in [1.807, 2.05) is 18.4 Å². The molecular formula is C12H12Cl2N2O2S2. The van der Waals surface area contributed by atoms with Crippen LogP contribution < -0.4 is 4.72 Å². The van der Waals surface area contributed by atoms with Crippen molar-refractivity contribution in [1.29, 1.82) is 0 Å². The van der Waals surface area contributed by atoms with Gasteiger partial charge in [-0.25, -0.2) is 18.1 Å². The highest BCUT2D eigenvalue weighted by Crippen LogP contribution is 2.23. The fraction of sp³-hybridized carbons (Fsp3) is 0.250. The predicted octanol–water partition coefficient (Wildman–Crippen LogP) is 3.49. The Balaban J connectivity index is 2.17. The first-order valence-corrected chi connectivity index (χ1v) is 8.92. The summed E-state index contributed by atoms with van der Waals surface area (Å²) in [6, 6.07) is 3.28. The van der Waals surface area contributed by atoms with Gasteiger partial charge in [-0.05, 0) is 29.5 Å². The number of sulfonamides is 1. The molecule has 4 nitrogen and oxygen atoms in total. The summed E-state index contributed by atoms with van der Waals surface area (Å²) in [5.74, 6) is 0. The molecule has 0 fully saturated rings. The lowest BCUT2D eigenvalue weighted by Gasteiger charge is -2.07. The second-order valence-electron chi connectivity index (χ2n) is 3.99. The van der Waals surface area contributed by atoms with Crippen LogP contribution in [-0.4, -0.2) is 13.4 Å². The molecule has 0 aliphatic carbocycles. The Labute approximate surface area is 131 Å². The van der Waals surface area contributed by atoms with Gasteiger partial charge < -0.3 is 0 Å². The van der Waals surface area contributed by atoms with Gasteiger partial charge >= 0.3 is 0 Å². The maximum atomic E-state index is 12.1. The number of pyridine rings is 1. The zero-order valence-corrected chi connectivity index (χ0v) is 13.7. The fourth-order valence-corrected chi connectivity index (χ4v) is 3.94. The van der Waals surface area contributed by atoms with E-state index in [1.165, 1.54) is 23.6 Å². The molecule has 0 atom stereocenters. The van der Waals surface area contributed by atoms with Crippen LogP contribution in [-0.2, 0) is 23.0 Å². The van der Waals surface area contributed by atoms with Crippen molar-refractivity contribution in [2.75, 3.05) is 0 Å². The quantitative estimate of drug-likeness (QED) is 0.839. The van der Waals surface area contributed by atoms with Gasteiger partial charge in [0, 0.05) is 17.6 Å². The van der Waals surface area contributed by atoms with Crippen molar-refractivity contribution < 1.29 is 8.42 Å². The first-order chi connectivity index (χ1) is 9.44. The Morgan fingerprint density at radius 1 is 1.40 bits per heavy atom. The summed E-state index contributed by atoms with van der Waals surface area (Å²) in [5, 5.41) is 2.14. The van der Waals surface area contributed by atoms with Crippen LogP contribution in [0.15, 0.2) is 28.6 Å². The molecule has 0 amide bonds. The lowest BCUT2D eigenvalue weighted by atomic mass is 10.2. The average molecular weight is 351 g/mol. The maximum Gasteiger partial charge on any atom is 0.242 e. The van der Waals surface area contributed by atoms with E-state index in [9.17, 15) is 8.42 Å². The highest BCUT2D eigenvalue weighted by atomic mass is 35.5. The average Bonchev–Trinajstić information content (AvgIpc) is 2.87. The van der Waals surface area contributed by atoms with Crippen LogP contribution in [0.1, 0.15) is 17.4 Å². The zero-order chi connectivity index (χ0) is 14.8. The van der Waals surface area contributed by atoms with Crippen molar-refractivity contribution in [2.45, 2.75) is 24.8 Å². The molecule has 0 unspecified atom stereocenters. The standard InChI is InChI=1S/C12H12Cl2N2O2S2/c1-2-8-3-4-19-11(8)7-16-20(17,18)9-5-10(13)12(14)15-6-9/h3-6,16H,2,7H2,1H3. The first-order valence-electron chi connectivity index (χ1n) is 5.80. The van der Waals surface area contributed by atoms with Gasteiger partial charge in [0.05, 0.1) is 5.02 Å². The SMILES string of the molecule is CCc1ccsc1CNS(=O)(=O)c1cnc(Cl)c(Cl)c1. The highest BCUT2D eigenvalue weighted by Gasteiger charge is 2.17. The lowest BCUT2D eigenvalue weighted by Crippen LogP contribution is -2.23. The summed E-state index contributed by atoms with van der Waals surface area (Å²) in [5.41, 5.74) is 1.14. The monoisotopic (exact) mass is 350 g/mol. The molecule has 1 N–H and O–H groups in total. The lowest BCUT2D eigenvalue weighted by molar-refractivity contribution is 0.581. The Kier molecular flexibility index (Phi) is 5.04. The number of aryl methyl sites for hydroxylation is 1. The molecule has 0 aliphatic rings. The van der Waals surface area contributed by atoms with Crippen LogP contribution in [0.4, 0.5) is 0 Å². The van der Waals surface area contributed by atoms with Gasteiger partial charge in [0.1, 0.15) is 10.0 Å². The number of nitrogens with one attached hydrogen (secondary N) is 1. The summed E-state index contributed by atoms with van der Waals surface area (Å²) in [6.07, 6.45) is 2.06. The smallest absolute Gasteiger partial charge is 0.242 e. The van der Waals surface area contributed by atoms with Crippen molar-refractivity contribution in [3.05, 3.63) is 44.3 Å². The number of rotatable bonds is 5. The third kappa shape index (κ3) is 3.51. The van der Waals surface area contributed by atoms with Gasteiger partial charge in [-0.15, -0.1) is 11.3 Å². The number of thiophene rings is 1. The van der Waals surface area contributed by atoms with Crippen LogP contribution in [0, 0.1) is 0 Å². The van der Waals surface area contributed by atoms with Gasteiger partial charge in [-0.2, -0.15) is 0 Å². The van der Waals surface area contributed by atoms with Crippen LogP contribution >= 0.6 is 34.5 Å². The van der Waals surface area contributed by atoms with E-state index in [4.69, 9.17) is 23.2 Å². The van der Waals surface area contributed by atoms with E-state index < -0.39 is 10.0 Å². The molecule has 0 saturated heterocycles. The molecule has 0 bridgehead atoms. The Morgan fingerprint density at radius 2 is 2.15 bits per heavy atom. The largest absolute Gasteiger partial charge is 0.242 e. The summed E-state index contributed by atoms with van der Waals surface area (Å²) in [6.45, 7) is 2.28. The normalized spacial score (nSPS) is 11.8. The first kappa shape index (κ1) is 15.7. The number of halogens is 2. The molecule has 20 heavy (non-hydrogen) atoms. The molecular weight excluding hydrogens is 339 g/mol. The molecule has 0 saturated carbocycles. The second kappa shape index (κ2) is 6.41. The Hall–Kier alpha value is -0.660. The summed E-state index contributed by atoms with van der Waals surface area (Å²) < 4.78 is 26.8. The van der Waals surface area contributed by atoms with Gasteiger partial charge in [0.2, 0.25) is 10.0 Å². The summed E-state index contributed by atoms with van der Waals surface area (Å²) >= 11 is 13.0. The molecule has 108 valence electrons. The predicted molar refractivity (Wildman–Crippen MR) is 82.0 cm³/mol. The number of aromatic nitrogens is 1. The van der Waals surface area contributed by atoms with Crippen LogP contribution in [0.25, 0.3) is 0 Å². The van der Waals surface area contributed by atoms with Crippen LogP contribution in [0.3, 0.4) is 0 Å². The van der Waals surface area contributed by atoms with E-state index in [2.05, 4.69) is 9.71 Å². The minimum atomic E-state index is -3.65. The van der Waals surface area contributed by atoms with Gasteiger partial charge in [0.25, 0.3) is 0 Å². The minimum Gasteiger partial charge on any atom is -0.242 e. The van der Waals surface area contributed by atoms with Gasteiger partial charge in [-0.3, -0.25) is 0 Å². The Morgan fingerprint density at radius 3 is 2.80 bits per heavy atom. The third-order valence-corrected chi connectivity index (χ3v) is 5.74. The molecule has 2 rings (SSSR count). The van der Waals surface area contributed by atoms with Crippen LogP contribution in [0.2, 0.25) is 10.2 Å². The molecule has 2 heterocycles. The number of hydrogen-bond donors (Lipinski definition) is 1. The van der Waals surface area contributed by atoms with E-state index in [0.717, 1.165) is 16.9 Å². The zero-order valence-electron chi connectivity index (χ0n) is 10.6. The molecule has 2 aromatic heterocycles. The fourth-order valence-electron chi connectivity index (χ4n) is 1.63. The van der Waals surface area contributed by atoms with E-state index in [-0.39, 0.29) is 21.6 Å². The Bertz CT molecular complexity index is 714. The molecule has 0 spiro atoms. The van der Waals surface area contributed by atoms with E-state index in [1.54, 1.807) is 0 Å². The summed E-state index contributed by atoms with van der Waals surface area (Å²) in [4.78, 5) is 4.75. The van der Waals surface area contributed by atoms with Gasteiger partial charge in [-0.1, -0.05) is 30.1 Å². The number of nitrogens with zero attached hydrogens (tertiary/aromatic N) is 1. The van der Waals surface area contributed by atoms with Crippen LogP contribution in [0.5, 0.6) is 0 Å². The van der Waals surface area contributed by atoms with Gasteiger partial charge in [0.15, 0.2) is 0 Å². The minimum absolute atomic E-state index is 0.00139. The van der Waals surface area contributed by atoms with E-state index >= 15 is 0 Å². The molecule has 0 aliphatic heterocycles. The summed E-state index contributed by atoms with van der Waals surface area (Å²) in [7, 11) is -3.65. The molecule has 0 aromatic carbocycles. The second-order valence-corrected chi connectivity index (χ2v) is 7.52. The van der Waals surface area contributed by atoms with Crippen molar-refractivity contribution in [2.24, 2.45) is 0 Å². The third-order valence-electron chi connectivity index (χ3n) is 2.72. The molecule has 8 heteroatoms. The molecule has 2 aromatic rings. The number of hydrogen-bond acceptors (Lipinski definition) is 4.